The second-order valence-electron chi connectivity index (χ2n) is 5.76. The Morgan fingerprint density at radius 1 is 1.04 bits per heavy atom. The van der Waals surface area contributed by atoms with E-state index < -0.39 is 0 Å². The summed E-state index contributed by atoms with van der Waals surface area (Å²) in [7, 11) is 0. The van der Waals surface area contributed by atoms with Crippen molar-refractivity contribution in [3.05, 3.63) is 77.6 Å². The zero-order valence-electron chi connectivity index (χ0n) is 14.3. The van der Waals surface area contributed by atoms with Gasteiger partial charge in [-0.2, -0.15) is 0 Å². The number of halogens is 1. The number of nitrogens with one attached hydrogen (secondary N) is 1. The van der Waals surface area contributed by atoms with Crippen LogP contribution in [0.15, 0.2) is 65.7 Å². The number of carbonyl (C=O) groups excluding carboxylic acids is 1. The van der Waals surface area contributed by atoms with Gasteiger partial charge in [0.25, 0.3) is 0 Å². The van der Waals surface area contributed by atoms with Crippen LogP contribution in [0.25, 0.3) is 11.3 Å². The second-order valence-corrected chi connectivity index (χ2v) is 6.76. The lowest BCUT2D eigenvalue weighted by Crippen LogP contribution is -2.24. The summed E-state index contributed by atoms with van der Waals surface area (Å²) in [5.41, 5.74) is 3.86. The average Bonchev–Trinajstić information content (AvgIpc) is 2.67. The van der Waals surface area contributed by atoms with Gasteiger partial charge in [-0.05, 0) is 42.3 Å². The van der Waals surface area contributed by atoms with Crippen molar-refractivity contribution < 1.29 is 9.18 Å². The van der Waals surface area contributed by atoms with Crippen LogP contribution in [0.2, 0.25) is 0 Å². The standard InChI is InChI=1S/C20H18FN3OS/c1-14-4-2-3-5-17(14)18-10-11-20(24-23-18)26-13-19(25)22-12-15-6-8-16(21)9-7-15/h2-11H,12-13H2,1H3,(H,22,25). The molecule has 4 nitrogen and oxygen atoms in total. The summed E-state index contributed by atoms with van der Waals surface area (Å²) in [6, 6.07) is 17.8. The van der Waals surface area contributed by atoms with Crippen molar-refractivity contribution >= 4 is 17.7 Å². The highest BCUT2D eigenvalue weighted by atomic mass is 32.2. The minimum Gasteiger partial charge on any atom is -0.351 e. The third-order valence-corrected chi connectivity index (χ3v) is 4.74. The summed E-state index contributed by atoms with van der Waals surface area (Å²) < 4.78 is 12.8. The zero-order valence-corrected chi connectivity index (χ0v) is 15.1. The highest BCUT2D eigenvalue weighted by Gasteiger charge is 2.07. The predicted molar refractivity (Wildman–Crippen MR) is 101 cm³/mol. The van der Waals surface area contributed by atoms with Gasteiger partial charge in [0.1, 0.15) is 10.8 Å². The number of amides is 1. The number of benzene rings is 2. The molecule has 26 heavy (non-hydrogen) atoms. The maximum Gasteiger partial charge on any atom is 0.230 e. The Morgan fingerprint density at radius 2 is 1.81 bits per heavy atom. The molecule has 0 aliphatic heterocycles. The molecule has 1 N–H and O–H groups in total. The van der Waals surface area contributed by atoms with E-state index in [1.54, 1.807) is 12.1 Å². The van der Waals surface area contributed by atoms with E-state index in [9.17, 15) is 9.18 Å². The van der Waals surface area contributed by atoms with Crippen molar-refractivity contribution in [3.63, 3.8) is 0 Å². The molecule has 0 aliphatic rings. The Morgan fingerprint density at radius 3 is 2.50 bits per heavy atom. The fourth-order valence-electron chi connectivity index (χ4n) is 2.39. The van der Waals surface area contributed by atoms with E-state index in [0.29, 0.717) is 11.6 Å². The minimum atomic E-state index is -0.289. The summed E-state index contributed by atoms with van der Waals surface area (Å²) >= 11 is 1.33. The van der Waals surface area contributed by atoms with Crippen LogP contribution in [0.1, 0.15) is 11.1 Å². The topological polar surface area (TPSA) is 54.9 Å². The third-order valence-electron chi connectivity index (χ3n) is 3.82. The number of thioether (sulfide) groups is 1. The molecule has 0 unspecified atom stereocenters. The highest BCUT2D eigenvalue weighted by Crippen LogP contribution is 2.22. The smallest absolute Gasteiger partial charge is 0.230 e. The Balaban J connectivity index is 1.50. The first-order valence-electron chi connectivity index (χ1n) is 8.15. The maximum absolute atomic E-state index is 12.8. The summed E-state index contributed by atoms with van der Waals surface area (Å²) in [5, 5.41) is 11.9. The van der Waals surface area contributed by atoms with E-state index in [2.05, 4.69) is 15.5 Å². The van der Waals surface area contributed by atoms with Crippen LogP contribution in [-0.4, -0.2) is 21.9 Å². The molecule has 0 saturated carbocycles. The lowest BCUT2D eigenvalue weighted by atomic mass is 10.1. The molecule has 1 aromatic heterocycles. The van der Waals surface area contributed by atoms with Crippen LogP contribution < -0.4 is 5.32 Å². The first-order chi connectivity index (χ1) is 12.6. The molecule has 2 aromatic carbocycles. The number of carbonyl (C=O) groups is 1. The Labute approximate surface area is 155 Å². The monoisotopic (exact) mass is 367 g/mol. The largest absolute Gasteiger partial charge is 0.351 e. The molecule has 1 heterocycles. The van der Waals surface area contributed by atoms with Crippen molar-refractivity contribution in [2.24, 2.45) is 0 Å². The van der Waals surface area contributed by atoms with Crippen molar-refractivity contribution in [3.8, 4) is 11.3 Å². The Kier molecular flexibility index (Phi) is 5.96. The first-order valence-corrected chi connectivity index (χ1v) is 9.14. The molecule has 0 fully saturated rings. The van der Waals surface area contributed by atoms with E-state index in [4.69, 9.17) is 0 Å². The van der Waals surface area contributed by atoms with Crippen LogP contribution in [0.5, 0.6) is 0 Å². The van der Waals surface area contributed by atoms with Crippen LogP contribution in [-0.2, 0) is 11.3 Å². The molecule has 0 bridgehead atoms. The number of aryl methyl sites for hydroxylation is 1. The summed E-state index contributed by atoms with van der Waals surface area (Å²) in [6.45, 7) is 2.41. The lowest BCUT2D eigenvalue weighted by Gasteiger charge is -2.06. The van der Waals surface area contributed by atoms with Gasteiger partial charge in [-0.1, -0.05) is 48.2 Å². The Bertz CT molecular complexity index is 882. The van der Waals surface area contributed by atoms with E-state index >= 15 is 0 Å². The fraction of sp³-hybridized carbons (Fsp3) is 0.150. The van der Waals surface area contributed by atoms with Gasteiger partial charge in [-0.25, -0.2) is 4.39 Å². The number of nitrogens with zero attached hydrogens (tertiary/aromatic N) is 2. The molecule has 0 radical (unpaired) electrons. The van der Waals surface area contributed by atoms with Gasteiger partial charge < -0.3 is 5.32 Å². The maximum atomic E-state index is 12.8. The molecule has 6 heteroatoms. The highest BCUT2D eigenvalue weighted by molar-refractivity contribution is 7.99. The van der Waals surface area contributed by atoms with Gasteiger partial charge >= 0.3 is 0 Å². The van der Waals surface area contributed by atoms with Gasteiger partial charge in [0.2, 0.25) is 5.91 Å². The number of hydrogen-bond acceptors (Lipinski definition) is 4. The second kappa shape index (κ2) is 8.58. The van der Waals surface area contributed by atoms with Crippen molar-refractivity contribution in [1.29, 1.82) is 0 Å². The molecule has 1 amide bonds. The minimum absolute atomic E-state index is 0.107. The molecule has 0 saturated heterocycles. The molecule has 3 aromatic rings. The number of hydrogen-bond donors (Lipinski definition) is 1. The molecular formula is C20H18FN3OS. The fourth-order valence-corrected chi connectivity index (χ4v) is 3.04. The molecular weight excluding hydrogens is 349 g/mol. The number of aromatic nitrogens is 2. The van der Waals surface area contributed by atoms with Crippen LogP contribution in [0.4, 0.5) is 4.39 Å². The third kappa shape index (κ3) is 4.89. The SMILES string of the molecule is Cc1ccccc1-c1ccc(SCC(=O)NCc2ccc(F)cc2)nn1. The average molecular weight is 367 g/mol. The van der Waals surface area contributed by atoms with Gasteiger partial charge in [-0.3, -0.25) is 4.79 Å². The van der Waals surface area contributed by atoms with Crippen LogP contribution in [0, 0.1) is 12.7 Å². The molecule has 132 valence electrons. The number of rotatable bonds is 6. The molecule has 0 aliphatic carbocycles. The van der Waals surface area contributed by atoms with Crippen molar-refractivity contribution in [2.45, 2.75) is 18.5 Å². The van der Waals surface area contributed by atoms with Crippen molar-refractivity contribution in [2.75, 3.05) is 5.75 Å². The van der Waals surface area contributed by atoms with Gasteiger partial charge in [-0.15, -0.1) is 10.2 Å². The van der Waals surface area contributed by atoms with Gasteiger partial charge in [0, 0.05) is 12.1 Å². The molecule has 3 rings (SSSR count). The first kappa shape index (κ1) is 18.1. The predicted octanol–water partition coefficient (Wildman–Crippen LogP) is 4.00. The van der Waals surface area contributed by atoms with E-state index in [0.717, 1.165) is 22.4 Å². The summed E-state index contributed by atoms with van der Waals surface area (Å²) in [5.74, 6) is -0.146. The normalized spacial score (nSPS) is 10.5. The lowest BCUT2D eigenvalue weighted by molar-refractivity contribution is -0.118. The summed E-state index contributed by atoms with van der Waals surface area (Å²) in [6.07, 6.45) is 0. The Hall–Kier alpha value is -2.73. The quantitative estimate of drug-likeness (QED) is 0.669. The van der Waals surface area contributed by atoms with Gasteiger partial charge in [0.05, 0.1) is 11.4 Å². The van der Waals surface area contributed by atoms with E-state index in [1.807, 2.05) is 43.3 Å². The van der Waals surface area contributed by atoms with Crippen molar-refractivity contribution in [1.82, 2.24) is 15.5 Å². The van der Waals surface area contributed by atoms with Gasteiger partial charge in [0.15, 0.2) is 0 Å². The van der Waals surface area contributed by atoms with E-state index in [1.165, 1.54) is 23.9 Å². The van der Waals surface area contributed by atoms with Crippen LogP contribution >= 0.6 is 11.8 Å². The zero-order chi connectivity index (χ0) is 18.4. The van der Waals surface area contributed by atoms with Crippen LogP contribution in [0.3, 0.4) is 0 Å². The summed E-state index contributed by atoms with van der Waals surface area (Å²) in [4.78, 5) is 11.9. The molecule has 0 spiro atoms. The van der Waals surface area contributed by atoms with E-state index in [-0.39, 0.29) is 17.5 Å². The molecule has 0 atom stereocenters.